The molecule has 29 heavy (non-hydrogen) atoms. The summed E-state index contributed by atoms with van der Waals surface area (Å²) in [4.78, 5) is 19.1. The van der Waals surface area contributed by atoms with Gasteiger partial charge in [0, 0.05) is 36.5 Å². The molecule has 2 atom stereocenters. The van der Waals surface area contributed by atoms with Gasteiger partial charge in [0.1, 0.15) is 5.75 Å². The number of carbonyl (C=O) groups is 1. The van der Waals surface area contributed by atoms with E-state index in [9.17, 15) is 4.79 Å². The fraction of sp³-hybridized carbons (Fsp3) is 0.524. The predicted octanol–water partition coefficient (Wildman–Crippen LogP) is 4.51. The molecule has 0 aliphatic carbocycles. The maximum Gasteiger partial charge on any atom is 0.226 e. The number of amides is 1. The van der Waals surface area contributed by atoms with Crippen molar-refractivity contribution in [2.24, 2.45) is 0 Å². The van der Waals surface area contributed by atoms with Crippen molar-refractivity contribution in [1.29, 1.82) is 0 Å². The Morgan fingerprint density at radius 3 is 2.86 bits per heavy atom. The van der Waals surface area contributed by atoms with Crippen molar-refractivity contribution in [1.82, 2.24) is 9.88 Å². The van der Waals surface area contributed by atoms with Crippen LogP contribution in [0, 0.1) is 6.92 Å². The highest BCUT2D eigenvalue weighted by atomic mass is 35.5. The van der Waals surface area contributed by atoms with Crippen LogP contribution in [0.2, 0.25) is 5.02 Å². The van der Waals surface area contributed by atoms with E-state index in [0.29, 0.717) is 24.6 Å². The average Bonchev–Trinajstić information content (AvgIpc) is 3.07. The van der Waals surface area contributed by atoms with Crippen LogP contribution in [0.3, 0.4) is 0 Å². The zero-order chi connectivity index (χ0) is 20.8. The Kier molecular flexibility index (Phi) is 7.89. The lowest BCUT2D eigenvalue weighted by atomic mass is 10.2. The second kappa shape index (κ2) is 10.4. The van der Waals surface area contributed by atoms with Crippen LogP contribution < -0.4 is 10.1 Å². The molecular weight excluding hydrogens is 410 g/mol. The molecule has 1 aliphatic rings. The lowest BCUT2D eigenvalue weighted by Gasteiger charge is -2.34. The highest BCUT2D eigenvalue weighted by Crippen LogP contribution is 2.22. The Balaban J connectivity index is 1.38. The number of hydrogen-bond donors (Lipinski definition) is 1. The van der Waals surface area contributed by atoms with E-state index in [1.807, 2.05) is 30.5 Å². The summed E-state index contributed by atoms with van der Waals surface area (Å²) in [7, 11) is 0. The molecule has 158 valence electrons. The molecule has 1 N–H and O–H groups in total. The molecule has 2 unspecified atom stereocenters. The van der Waals surface area contributed by atoms with Crippen LogP contribution >= 0.6 is 22.9 Å². The monoisotopic (exact) mass is 437 g/mol. The minimum Gasteiger partial charge on any atom is -0.494 e. The van der Waals surface area contributed by atoms with Crippen molar-refractivity contribution in [3.8, 4) is 5.75 Å². The average molecular weight is 438 g/mol. The predicted molar refractivity (Wildman–Crippen MR) is 117 cm³/mol. The maximum atomic E-state index is 12.2. The van der Waals surface area contributed by atoms with E-state index in [1.165, 1.54) is 11.3 Å². The summed E-state index contributed by atoms with van der Waals surface area (Å²) >= 11 is 7.47. The van der Waals surface area contributed by atoms with Crippen molar-refractivity contribution >= 4 is 34.0 Å². The number of thiazole rings is 1. The zero-order valence-corrected chi connectivity index (χ0v) is 18.7. The molecule has 2 aromatic rings. The SMILES string of the molecule is Cc1cc(OCCCC(=O)Nc2nc(CN3CC(C)OC(C)C3)cs2)ccc1Cl. The number of anilines is 1. The number of benzene rings is 1. The van der Waals surface area contributed by atoms with E-state index in [-0.39, 0.29) is 18.1 Å². The molecule has 1 amide bonds. The molecule has 1 saturated heterocycles. The smallest absolute Gasteiger partial charge is 0.226 e. The number of hydrogen-bond acceptors (Lipinski definition) is 6. The summed E-state index contributed by atoms with van der Waals surface area (Å²) in [5.41, 5.74) is 1.95. The highest BCUT2D eigenvalue weighted by molar-refractivity contribution is 7.13. The number of ether oxygens (including phenoxy) is 2. The van der Waals surface area contributed by atoms with Gasteiger partial charge in [0.2, 0.25) is 5.91 Å². The van der Waals surface area contributed by atoms with E-state index in [2.05, 4.69) is 29.0 Å². The lowest BCUT2D eigenvalue weighted by Crippen LogP contribution is -2.44. The van der Waals surface area contributed by atoms with Crippen LogP contribution in [0.25, 0.3) is 0 Å². The van der Waals surface area contributed by atoms with E-state index in [1.54, 1.807) is 0 Å². The van der Waals surface area contributed by atoms with Crippen LogP contribution in [0.5, 0.6) is 5.75 Å². The number of halogens is 1. The topological polar surface area (TPSA) is 63.7 Å². The standard InChI is InChI=1S/C21H28ClN3O3S/c1-14-9-18(6-7-19(14)22)27-8-4-5-20(26)24-21-23-17(13-29-21)12-25-10-15(2)28-16(3)11-25/h6-7,9,13,15-16H,4-5,8,10-12H2,1-3H3,(H,23,24,26). The van der Waals surface area contributed by atoms with Gasteiger partial charge in [-0.05, 0) is 51.0 Å². The molecule has 0 bridgehead atoms. The Hall–Kier alpha value is -1.67. The van der Waals surface area contributed by atoms with Crippen LogP contribution in [0.4, 0.5) is 5.13 Å². The summed E-state index contributed by atoms with van der Waals surface area (Å²) in [6.07, 6.45) is 1.49. The van der Waals surface area contributed by atoms with Gasteiger partial charge in [-0.25, -0.2) is 4.98 Å². The Morgan fingerprint density at radius 1 is 1.38 bits per heavy atom. The Morgan fingerprint density at radius 2 is 2.14 bits per heavy atom. The normalized spacial score (nSPS) is 19.9. The first-order valence-corrected chi connectivity index (χ1v) is 11.2. The second-order valence-electron chi connectivity index (χ2n) is 7.51. The number of nitrogens with zero attached hydrogens (tertiary/aromatic N) is 2. The summed E-state index contributed by atoms with van der Waals surface area (Å²) in [5.74, 6) is 0.721. The fourth-order valence-electron chi connectivity index (χ4n) is 3.39. The number of carbonyl (C=O) groups excluding carboxylic acids is 1. The van der Waals surface area contributed by atoms with E-state index in [0.717, 1.165) is 41.7 Å². The van der Waals surface area contributed by atoms with Gasteiger partial charge in [-0.1, -0.05) is 11.6 Å². The molecule has 1 aromatic heterocycles. The van der Waals surface area contributed by atoms with Gasteiger partial charge < -0.3 is 14.8 Å². The van der Waals surface area contributed by atoms with Crippen molar-refractivity contribution in [3.05, 3.63) is 39.9 Å². The minimum absolute atomic E-state index is 0.0459. The number of rotatable bonds is 8. The van der Waals surface area contributed by atoms with Gasteiger partial charge in [0.05, 0.1) is 24.5 Å². The third kappa shape index (κ3) is 6.96. The summed E-state index contributed by atoms with van der Waals surface area (Å²) in [6, 6.07) is 5.55. The third-order valence-electron chi connectivity index (χ3n) is 4.63. The first kappa shape index (κ1) is 22.0. The zero-order valence-electron chi connectivity index (χ0n) is 17.1. The van der Waals surface area contributed by atoms with Crippen molar-refractivity contribution in [3.63, 3.8) is 0 Å². The highest BCUT2D eigenvalue weighted by Gasteiger charge is 2.22. The molecule has 1 aliphatic heterocycles. The summed E-state index contributed by atoms with van der Waals surface area (Å²) in [6.45, 7) is 9.17. The van der Waals surface area contributed by atoms with Crippen LogP contribution in [-0.2, 0) is 16.1 Å². The lowest BCUT2D eigenvalue weighted by molar-refractivity contribution is -0.116. The van der Waals surface area contributed by atoms with Crippen LogP contribution in [-0.4, -0.2) is 47.7 Å². The van der Waals surface area contributed by atoms with Gasteiger partial charge in [-0.2, -0.15) is 0 Å². The van der Waals surface area contributed by atoms with Crippen LogP contribution in [0.15, 0.2) is 23.6 Å². The Labute approximate surface area is 181 Å². The van der Waals surface area contributed by atoms with Gasteiger partial charge >= 0.3 is 0 Å². The van der Waals surface area contributed by atoms with E-state index in [4.69, 9.17) is 21.1 Å². The number of aromatic nitrogens is 1. The Bertz CT molecular complexity index is 819. The summed E-state index contributed by atoms with van der Waals surface area (Å²) < 4.78 is 11.4. The molecule has 1 aromatic carbocycles. The number of aryl methyl sites for hydroxylation is 1. The largest absolute Gasteiger partial charge is 0.494 e. The van der Waals surface area contributed by atoms with E-state index >= 15 is 0 Å². The molecule has 2 heterocycles. The molecule has 1 fully saturated rings. The van der Waals surface area contributed by atoms with Crippen LogP contribution in [0.1, 0.15) is 37.9 Å². The molecule has 8 heteroatoms. The molecule has 6 nitrogen and oxygen atoms in total. The molecule has 0 saturated carbocycles. The second-order valence-corrected chi connectivity index (χ2v) is 8.77. The first-order valence-electron chi connectivity index (χ1n) is 9.90. The van der Waals surface area contributed by atoms with Crippen molar-refractivity contribution in [2.45, 2.75) is 52.4 Å². The molecule has 0 radical (unpaired) electrons. The third-order valence-corrected chi connectivity index (χ3v) is 5.86. The number of morpholine rings is 1. The minimum atomic E-state index is -0.0459. The van der Waals surface area contributed by atoms with Gasteiger partial charge in [0.15, 0.2) is 5.13 Å². The maximum absolute atomic E-state index is 12.2. The van der Waals surface area contributed by atoms with Crippen molar-refractivity contribution < 1.29 is 14.3 Å². The molecule has 0 spiro atoms. The van der Waals surface area contributed by atoms with Gasteiger partial charge in [0.25, 0.3) is 0 Å². The molecular formula is C21H28ClN3O3S. The molecule has 3 rings (SSSR count). The van der Waals surface area contributed by atoms with E-state index < -0.39 is 0 Å². The first-order chi connectivity index (χ1) is 13.9. The van der Waals surface area contributed by atoms with Gasteiger partial charge in [-0.3, -0.25) is 9.69 Å². The van der Waals surface area contributed by atoms with Gasteiger partial charge in [-0.15, -0.1) is 11.3 Å². The summed E-state index contributed by atoms with van der Waals surface area (Å²) in [5, 5.41) is 6.26. The quantitative estimate of drug-likeness (QED) is 0.615. The van der Waals surface area contributed by atoms with Crippen molar-refractivity contribution in [2.75, 3.05) is 25.0 Å². The number of nitrogens with one attached hydrogen (secondary N) is 1. The fourth-order valence-corrected chi connectivity index (χ4v) is 4.23.